The Morgan fingerprint density at radius 1 is 0.923 bits per heavy atom. The van der Waals surface area contributed by atoms with Gasteiger partial charge in [0, 0.05) is 11.6 Å². The Morgan fingerprint density at radius 2 is 1.50 bits per heavy atom. The van der Waals surface area contributed by atoms with Crippen LogP contribution in [0.4, 0.5) is 27.6 Å². The number of carbonyl (C=O) groups excluding carboxylic acids is 1. The van der Waals surface area contributed by atoms with Crippen molar-refractivity contribution in [3.8, 4) is 11.5 Å². The van der Waals surface area contributed by atoms with Crippen LogP contribution in [0.3, 0.4) is 0 Å². The van der Waals surface area contributed by atoms with Crippen LogP contribution in [0, 0.1) is 29.1 Å². The van der Waals surface area contributed by atoms with Crippen LogP contribution in [0.2, 0.25) is 0 Å². The second kappa shape index (κ2) is 7.85. The first-order valence-corrected chi connectivity index (χ1v) is 7.03. The SMILES string of the molecule is COc1cccc(C=CC(=O)Nc2c(F)c(F)c(F)c(F)c2F)c1OC. The summed E-state index contributed by atoms with van der Waals surface area (Å²) in [7, 11) is 2.77. The van der Waals surface area contributed by atoms with Gasteiger partial charge in [0.15, 0.2) is 34.8 Å². The molecule has 0 aliphatic carbocycles. The highest BCUT2D eigenvalue weighted by Crippen LogP contribution is 2.31. The molecule has 0 aliphatic rings. The molecule has 2 aromatic carbocycles. The number of hydrogen-bond acceptors (Lipinski definition) is 3. The van der Waals surface area contributed by atoms with Crippen molar-refractivity contribution in [2.45, 2.75) is 0 Å². The highest BCUT2D eigenvalue weighted by atomic mass is 19.2. The number of hydrogen-bond donors (Lipinski definition) is 1. The molecule has 26 heavy (non-hydrogen) atoms. The summed E-state index contributed by atoms with van der Waals surface area (Å²) in [5, 5.41) is 1.63. The smallest absolute Gasteiger partial charge is 0.248 e. The van der Waals surface area contributed by atoms with E-state index < -0.39 is 40.7 Å². The first kappa shape index (κ1) is 19.2. The lowest BCUT2D eigenvalue weighted by molar-refractivity contribution is -0.111. The zero-order chi connectivity index (χ0) is 19.4. The monoisotopic (exact) mass is 373 g/mol. The molecule has 0 atom stereocenters. The zero-order valence-corrected chi connectivity index (χ0v) is 13.5. The molecule has 0 saturated carbocycles. The number of methoxy groups -OCH3 is 2. The van der Waals surface area contributed by atoms with Crippen LogP contribution in [-0.4, -0.2) is 20.1 Å². The Balaban J connectivity index is 2.30. The van der Waals surface area contributed by atoms with Crippen LogP contribution in [0.5, 0.6) is 11.5 Å². The highest BCUT2D eigenvalue weighted by Gasteiger charge is 2.26. The Labute approximate surface area is 144 Å². The summed E-state index contributed by atoms with van der Waals surface area (Å²) in [5.74, 6) is -11.3. The van der Waals surface area contributed by atoms with Crippen LogP contribution in [-0.2, 0) is 4.79 Å². The number of nitrogens with one attached hydrogen (secondary N) is 1. The van der Waals surface area contributed by atoms with Gasteiger partial charge in [0.2, 0.25) is 11.7 Å². The van der Waals surface area contributed by atoms with E-state index in [0.29, 0.717) is 11.3 Å². The molecule has 0 aliphatic heterocycles. The molecule has 0 heterocycles. The molecular weight excluding hydrogens is 361 g/mol. The summed E-state index contributed by atoms with van der Waals surface area (Å²) in [6.07, 6.45) is 2.07. The van der Waals surface area contributed by atoms with Crippen molar-refractivity contribution in [1.82, 2.24) is 0 Å². The Kier molecular flexibility index (Phi) is 5.81. The van der Waals surface area contributed by atoms with Crippen molar-refractivity contribution >= 4 is 17.7 Å². The molecule has 0 aromatic heterocycles. The maximum absolute atomic E-state index is 13.5. The summed E-state index contributed by atoms with van der Waals surface area (Å²) in [5.41, 5.74) is -1.05. The molecular formula is C17H12F5NO3. The zero-order valence-electron chi connectivity index (χ0n) is 13.5. The molecule has 2 aromatic rings. The van der Waals surface area contributed by atoms with Gasteiger partial charge in [-0.25, -0.2) is 22.0 Å². The minimum Gasteiger partial charge on any atom is -0.493 e. The normalized spacial score (nSPS) is 10.9. The molecule has 9 heteroatoms. The predicted octanol–water partition coefficient (Wildman–Crippen LogP) is 4.05. The average molecular weight is 373 g/mol. The summed E-state index contributed by atoms with van der Waals surface area (Å²) in [6.45, 7) is 0. The number of rotatable bonds is 5. The summed E-state index contributed by atoms with van der Waals surface area (Å²) in [6, 6.07) is 4.76. The van der Waals surface area contributed by atoms with Gasteiger partial charge in [-0.3, -0.25) is 4.79 Å². The topological polar surface area (TPSA) is 47.6 Å². The van der Waals surface area contributed by atoms with E-state index in [9.17, 15) is 26.7 Å². The van der Waals surface area contributed by atoms with E-state index in [1.807, 2.05) is 0 Å². The fourth-order valence-electron chi connectivity index (χ4n) is 2.09. The third kappa shape index (κ3) is 3.61. The minimum atomic E-state index is -2.31. The Morgan fingerprint density at radius 3 is 2.04 bits per heavy atom. The summed E-state index contributed by atoms with van der Waals surface area (Å²) >= 11 is 0. The van der Waals surface area contributed by atoms with Gasteiger partial charge in [0.05, 0.1) is 14.2 Å². The highest BCUT2D eigenvalue weighted by molar-refractivity contribution is 6.02. The largest absolute Gasteiger partial charge is 0.493 e. The van der Waals surface area contributed by atoms with Crippen molar-refractivity contribution in [1.29, 1.82) is 0 Å². The number of halogens is 5. The van der Waals surface area contributed by atoms with Crippen LogP contribution >= 0.6 is 0 Å². The molecule has 0 unspecified atom stereocenters. The maximum atomic E-state index is 13.5. The standard InChI is InChI=1S/C17H12F5NO3/c1-25-9-5-3-4-8(17(9)26-2)6-7-10(24)23-16-14(21)12(19)11(18)13(20)15(16)22/h3-7H,1-2H3,(H,23,24). The molecule has 2 rings (SSSR count). The number of amides is 1. The minimum absolute atomic E-state index is 0.287. The average Bonchev–Trinajstić information content (AvgIpc) is 2.65. The van der Waals surface area contributed by atoms with Crippen molar-refractivity contribution in [3.63, 3.8) is 0 Å². The number of para-hydroxylation sites is 1. The molecule has 4 nitrogen and oxygen atoms in total. The molecule has 0 fully saturated rings. The van der Waals surface area contributed by atoms with E-state index in [4.69, 9.17) is 9.47 Å². The molecule has 0 radical (unpaired) electrons. The lowest BCUT2D eigenvalue weighted by Crippen LogP contribution is -2.14. The Hall–Kier alpha value is -3.10. The van der Waals surface area contributed by atoms with Gasteiger partial charge in [0.25, 0.3) is 0 Å². The van der Waals surface area contributed by atoms with E-state index in [1.54, 1.807) is 23.5 Å². The molecule has 0 spiro atoms. The molecule has 1 amide bonds. The lowest BCUT2D eigenvalue weighted by atomic mass is 10.1. The van der Waals surface area contributed by atoms with Gasteiger partial charge in [-0.05, 0) is 12.1 Å². The number of carbonyl (C=O) groups is 1. The van der Waals surface area contributed by atoms with Gasteiger partial charge in [-0.1, -0.05) is 12.1 Å². The van der Waals surface area contributed by atoms with Gasteiger partial charge >= 0.3 is 0 Å². The number of anilines is 1. The van der Waals surface area contributed by atoms with E-state index in [-0.39, 0.29) is 5.75 Å². The number of benzene rings is 2. The van der Waals surface area contributed by atoms with Crippen LogP contribution in [0.1, 0.15) is 5.56 Å². The second-order valence-electron chi connectivity index (χ2n) is 4.85. The van der Waals surface area contributed by atoms with E-state index in [2.05, 4.69) is 0 Å². The first-order valence-electron chi connectivity index (χ1n) is 7.03. The van der Waals surface area contributed by atoms with Crippen molar-refractivity contribution in [3.05, 3.63) is 58.9 Å². The summed E-state index contributed by atoms with van der Waals surface area (Å²) < 4.78 is 76.5. The molecule has 138 valence electrons. The van der Waals surface area contributed by atoms with Crippen LogP contribution < -0.4 is 14.8 Å². The summed E-state index contributed by atoms with van der Waals surface area (Å²) in [4.78, 5) is 11.8. The van der Waals surface area contributed by atoms with Gasteiger partial charge in [0.1, 0.15) is 5.69 Å². The first-order chi connectivity index (χ1) is 12.3. The van der Waals surface area contributed by atoms with E-state index in [1.165, 1.54) is 20.3 Å². The van der Waals surface area contributed by atoms with Crippen molar-refractivity contribution in [2.75, 3.05) is 19.5 Å². The molecule has 0 saturated heterocycles. The third-order valence-corrected chi connectivity index (χ3v) is 3.31. The molecule has 1 N–H and O–H groups in total. The van der Waals surface area contributed by atoms with Crippen molar-refractivity contribution in [2.24, 2.45) is 0 Å². The Bertz CT molecular complexity index is 854. The van der Waals surface area contributed by atoms with Gasteiger partial charge < -0.3 is 14.8 Å². The number of ether oxygens (including phenoxy) is 2. The van der Waals surface area contributed by atoms with Gasteiger partial charge in [-0.2, -0.15) is 0 Å². The predicted molar refractivity (Wildman–Crippen MR) is 83.4 cm³/mol. The quantitative estimate of drug-likeness (QED) is 0.372. The lowest BCUT2D eigenvalue weighted by Gasteiger charge is -2.10. The maximum Gasteiger partial charge on any atom is 0.248 e. The van der Waals surface area contributed by atoms with E-state index in [0.717, 1.165) is 6.08 Å². The van der Waals surface area contributed by atoms with E-state index >= 15 is 0 Å². The van der Waals surface area contributed by atoms with Gasteiger partial charge in [-0.15, -0.1) is 0 Å². The second-order valence-corrected chi connectivity index (χ2v) is 4.85. The third-order valence-electron chi connectivity index (χ3n) is 3.31. The van der Waals surface area contributed by atoms with Crippen LogP contribution in [0.15, 0.2) is 24.3 Å². The van der Waals surface area contributed by atoms with Crippen LogP contribution in [0.25, 0.3) is 6.08 Å². The molecule has 0 bridgehead atoms. The fraction of sp³-hybridized carbons (Fsp3) is 0.118. The van der Waals surface area contributed by atoms with Crippen molar-refractivity contribution < 1.29 is 36.2 Å². The fourth-order valence-corrected chi connectivity index (χ4v) is 2.09.